The maximum atomic E-state index is 12.6. The van der Waals surface area contributed by atoms with E-state index in [4.69, 9.17) is 9.15 Å². The Kier molecular flexibility index (Phi) is 6.03. The van der Waals surface area contributed by atoms with E-state index in [1.807, 2.05) is 0 Å². The Labute approximate surface area is 170 Å². The van der Waals surface area contributed by atoms with Crippen LogP contribution >= 0.6 is 11.3 Å². The molecule has 0 aliphatic rings. The van der Waals surface area contributed by atoms with Crippen LogP contribution in [-0.2, 0) is 16.1 Å². The second kappa shape index (κ2) is 8.48. The highest BCUT2D eigenvalue weighted by molar-refractivity contribution is 7.12. The molecule has 0 bridgehead atoms. The molecule has 2 aromatic heterocycles. The molecule has 1 aromatic carbocycles. The summed E-state index contributed by atoms with van der Waals surface area (Å²) >= 11 is 1.28. The van der Waals surface area contributed by atoms with Crippen molar-refractivity contribution in [2.24, 2.45) is 5.92 Å². The summed E-state index contributed by atoms with van der Waals surface area (Å²) in [4.78, 5) is 37.3. The summed E-state index contributed by atoms with van der Waals surface area (Å²) in [5.74, 6) is -1.12. The maximum absolute atomic E-state index is 12.6. The first kappa shape index (κ1) is 20.6. The molecule has 0 spiro atoms. The Hall–Kier alpha value is -3.13. The van der Waals surface area contributed by atoms with Crippen molar-refractivity contribution in [1.29, 1.82) is 0 Å². The molecule has 1 atom stereocenters. The SMILES string of the molecule is Cc1c(O)ccc2c(COC(=O)[C@@H](NC(=O)c3cccs3)C(C)C)cc(=O)oc12. The molecule has 0 unspecified atom stereocenters. The van der Waals surface area contributed by atoms with Gasteiger partial charge in [-0.2, -0.15) is 0 Å². The monoisotopic (exact) mass is 415 g/mol. The van der Waals surface area contributed by atoms with Crippen LogP contribution in [0.5, 0.6) is 5.75 Å². The summed E-state index contributed by atoms with van der Waals surface area (Å²) in [5.41, 5.74) is 0.523. The van der Waals surface area contributed by atoms with E-state index in [-0.39, 0.29) is 29.8 Å². The van der Waals surface area contributed by atoms with Crippen molar-refractivity contribution in [2.45, 2.75) is 33.4 Å². The number of aromatic hydroxyl groups is 1. The summed E-state index contributed by atoms with van der Waals surface area (Å²) in [7, 11) is 0. The van der Waals surface area contributed by atoms with E-state index in [0.29, 0.717) is 21.4 Å². The fourth-order valence-corrected chi connectivity index (χ4v) is 3.52. The molecule has 2 N–H and O–H groups in total. The fourth-order valence-electron chi connectivity index (χ4n) is 2.89. The molecule has 1 amide bonds. The molecule has 0 saturated heterocycles. The number of hydrogen-bond donors (Lipinski definition) is 2. The van der Waals surface area contributed by atoms with Gasteiger partial charge in [0.2, 0.25) is 0 Å². The zero-order chi connectivity index (χ0) is 21.1. The molecule has 29 heavy (non-hydrogen) atoms. The van der Waals surface area contributed by atoms with Gasteiger partial charge in [0.15, 0.2) is 0 Å². The lowest BCUT2D eigenvalue weighted by Crippen LogP contribution is -2.45. The van der Waals surface area contributed by atoms with E-state index in [1.165, 1.54) is 23.5 Å². The number of thiophene rings is 1. The van der Waals surface area contributed by atoms with Gasteiger partial charge in [0.25, 0.3) is 5.91 Å². The standard InChI is InChI=1S/C21H21NO6S/c1-11(2)18(22-20(25)16-5-4-8-29-16)21(26)27-10-13-9-17(24)28-19-12(3)15(23)7-6-14(13)19/h4-9,11,18,23H,10H2,1-3H3,(H,22,25)/t18-/m0/s1. The minimum Gasteiger partial charge on any atom is -0.508 e. The lowest BCUT2D eigenvalue weighted by Gasteiger charge is -2.20. The van der Waals surface area contributed by atoms with Gasteiger partial charge in [0, 0.05) is 22.6 Å². The van der Waals surface area contributed by atoms with Gasteiger partial charge in [0.05, 0.1) is 4.88 Å². The summed E-state index contributed by atoms with van der Waals surface area (Å²) < 4.78 is 10.6. The van der Waals surface area contributed by atoms with E-state index in [0.717, 1.165) is 0 Å². The minimum atomic E-state index is -0.832. The topological polar surface area (TPSA) is 106 Å². The number of phenols is 1. The Morgan fingerprint density at radius 1 is 1.28 bits per heavy atom. The highest BCUT2D eigenvalue weighted by Crippen LogP contribution is 2.27. The van der Waals surface area contributed by atoms with Crippen LogP contribution in [0.4, 0.5) is 0 Å². The third-order valence-electron chi connectivity index (χ3n) is 4.54. The van der Waals surface area contributed by atoms with Crippen LogP contribution in [0.3, 0.4) is 0 Å². The van der Waals surface area contributed by atoms with Crippen molar-refractivity contribution in [3.8, 4) is 5.75 Å². The van der Waals surface area contributed by atoms with Crippen LogP contribution < -0.4 is 10.9 Å². The smallest absolute Gasteiger partial charge is 0.336 e. The number of phenolic OH excluding ortho intramolecular Hbond substituents is 1. The van der Waals surface area contributed by atoms with Crippen LogP contribution in [0.1, 0.15) is 34.6 Å². The van der Waals surface area contributed by atoms with Gasteiger partial charge in [-0.3, -0.25) is 4.79 Å². The third-order valence-corrected chi connectivity index (χ3v) is 5.41. The lowest BCUT2D eigenvalue weighted by molar-refractivity contribution is -0.148. The number of nitrogens with one attached hydrogen (secondary N) is 1. The predicted molar refractivity (Wildman–Crippen MR) is 109 cm³/mol. The number of amides is 1. The van der Waals surface area contributed by atoms with E-state index in [1.54, 1.807) is 44.4 Å². The maximum Gasteiger partial charge on any atom is 0.336 e. The third kappa shape index (κ3) is 4.48. The first-order chi connectivity index (χ1) is 13.8. The highest BCUT2D eigenvalue weighted by Gasteiger charge is 2.27. The molecule has 0 aliphatic carbocycles. The van der Waals surface area contributed by atoms with Crippen LogP contribution in [0, 0.1) is 12.8 Å². The molecule has 8 heteroatoms. The van der Waals surface area contributed by atoms with Crippen LogP contribution in [0.25, 0.3) is 11.0 Å². The molecule has 0 radical (unpaired) electrons. The summed E-state index contributed by atoms with van der Waals surface area (Å²) in [6, 6.07) is 6.94. The molecule has 2 heterocycles. The van der Waals surface area contributed by atoms with E-state index in [2.05, 4.69) is 5.32 Å². The molecular weight excluding hydrogens is 394 g/mol. The van der Waals surface area contributed by atoms with Crippen molar-refractivity contribution < 1.29 is 23.8 Å². The first-order valence-electron chi connectivity index (χ1n) is 9.04. The molecule has 152 valence electrons. The molecular formula is C21H21NO6S. The average molecular weight is 415 g/mol. The molecule has 0 aliphatic heterocycles. The summed E-state index contributed by atoms with van der Waals surface area (Å²) in [6.07, 6.45) is 0. The quantitative estimate of drug-likeness (QED) is 0.472. The minimum absolute atomic E-state index is 0.00551. The number of ether oxygens (including phenoxy) is 1. The number of esters is 1. The summed E-state index contributed by atoms with van der Waals surface area (Å²) in [5, 5.41) is 14.9. The van der Waals surface area contributed by atoms with Gasteiger partial charge in [-0.25, -0.2) is 9.59 Å². The second-order valence-corrected chi connectivity index (χ2v) is 7.90. The fraction of sp³-hybridized carbons (Fsp3) is 0.286. The molecule has 3 rings (SSSR count). The molecule has 7 nitrogen and oxygen atoms in total. The number of carbonyl (C=O) groups is 2. The number of carbonyl (C=O) groups excluding carboxylic acids is 2. The van der Waals surface area contributed by atoms with Gasteiger partial charge >= 0.3 is 11.6 Å². The normalized spacial score (nSPS) is 12.1. The average Bonchev–Trinajstić information content (AvgIpc) is 3.21. The van der Waals surface area contributed by atoms with Gasteiger partial charge < -0.3 is 19.6 Å². The summed E-state index contributed by atoms with van der Waals surface area (Å²) in [6.45, 7) is 5.08. The van der Waals surface area contributed by atoms with Crippen LogP contribution in [0.15, 0.2) is 44.9 Å². The van der Waals surface area contributed by atoms with Crippen molar-refractivity contribution in [3.63, 3.8) is 0 Å². The van der Waals surface area contributed by atoms with Crippen LogP contribution in [-0.4, -0.2) is 23.0 Å². The Morgan fingerprint density at radius 2 is 2.03 bits per heavy atom. The Morgan fingerprint density at radius 3 is 2.69 bits per heavy atom. The predicted octanol–water partition coefficient (Wildman–Crippen LogP) is 3.37. The van der Waals surface area contributed by atoms with Crippen molar-refractivity contribution in [1.82, 2.24) is 5.32 Å². The number of aryl methyl sites for hydroxylation is 1. The van der Waals surface area contributed by atoms with Gasteiger partial charge in [-0.05, 0) is 36.4 Å². The van der Waals surface area contributed by atoms with Gasteiger partial charge in [-0.1, -0.05) is 19.9 Å². The first-order valence-corrected chi connectivity index (χ1v) is 9.92. The van der Waals surface area contributed by atoms with Crippen LogP contribution in [0.2, 0.25) is 0 Å². The van der Waals surface area contributed by atoms with Crippen molar-refractivity contribution in [2.75, 3.05) is 0 Å². The van der Waals surface area contributed by atoms with E-state index < -0.39 is 17.6 Å². The van der Waals surface area contributed by atoms with Crippen molar-refractivity contribution in [3.05, 3.63) is 62.1 Å². The van der Waals surface area contributed by atoms with E-state index >= 15 is 0 Å². The Balaban J connectivity index is 1.79. The number of rotatable bonds is 6. The lowest BCUT2D eigenvalue weighted by atomic mass is 10.0. The molecule has 0 saturated carbocycles. The molecule has 3 aromatic rings. The molecule has 0 fully saturated rings. The van der Waals surface area contributed by atoms with Crippen molar-refractivity contribution >= 4 is 34.2 Å². The number of hydrogen-bond acceptors (Lipinski definition) is 7. The number of fused-ring (bicyclic) bond motifs is 1. The number of benzene rings is 1. The highest BCUT2D eigenvalue weighted by atomic mass is 32.1. The van der Waals surface area contributed by atoms with E-state index in [9.17, 15) is 19.5 Å². The second-order valence-electron chi connectivity index (χ2n) is 6.96. The van der Waals surface area contributed by atoms with Gasteiger partial charge in [0.1, 0.15) is 24.0 Å². The zero-order valence-electron chi connectivity index (χ0n) is 16.2. The zero-order valence-corrected chi connectivity index (χ0v) is 17.0. The Bertz CT molecular complexity index is 1100. The largest absolute Gasteiger partial charge is 0.508 e. The van der Waals surface area contributed by atoms with Gasteiger partial charge in [-0.15, -0.1) is 11.3 Å².